The van der Waals surface area contributed by atoms with Crippen LogP contribution in [0, 0.1) is 0 Å². The van der Waals surface area contributed by atoms with Crippen LogP contribution in [0.15, 0.2) is 0 Å². The monoisotopic (exact) mass is 164 g/mol. The number of ether oxygens (including phenoxy) is 1. The summed E-state index contributed by atoms with van der Waals surface area (Å²) < 4.78 is 4.73. The topological polar surface area (TPSA) is 90.2 Å². The molecule has 0 aromatic carbocycles. The van der Waals surface area contributed by atoms with Gasteiger partial charge in [0.25, 0.3) is 0 Å². The molecule has 66 valence electrons. The first kappa shape index (κ1) is 8.89. The van der Waals surface area contributed by atoms with E-state index < -0.39 is 30.7 Å². The van der Waals surface area contributed by atoms with E-state index in [9.17, 15) is 5.11 Å². The second-order valence-electron chi connectivity index (χ2n) is 2.83. The highest BCUT2D eigenvalue weighted by Crippen LogP contribution is 2.27. The van der Waals surface area contributed by atoms with Crippen molar-refractivity contribution < 1.29 is 25.2 Å². The number of rotatable bonds is 1. The van der Waals surface area contributed by atoms with E-state index in [0.29, 0.717) is 0 Å². The summed E-state index contributed by atoms with van der Waals surface area (Å²) in [6.07, 6.45) is -3.49. The zero-order chi connectivity index (χ0) is 8.65. The maximum absolute atomic E-state index is 9.19. The average molecular weight is 164 g/mol. The summed E-state index contributed by atoms with van der Waals surface area (Å²) in [5, 5.41) is 36.0. The molecular weight excluding hydrogens is 152 g/mol. The molecule has 1 rings (SSSR count). The summed E-state index contributed by atoms with van der Waals surface area (Å²) in [5.74, 6) is -1.76. The zero-order valence-electron chi connectivity index (χ0n) is 6.14. The van der Waals surface area contributed by atoms with Gasteiger partial charge >= 0.3 is 0 Å². The quantitative estimate of drug-likeness (QED) is 0.353. The van der Waals surface area contributed by atoms with E-state index in [2.05, 4.69) is 0 Å². The molecule has 0 amide bonds. The van der Waals surface area contributed by atoms with Gasteiger partial charge in [0.05, 0.1) is 6.61 Å². The van der Waals surface area contributed by atoms with E-state index in [1.807, 2.05) is 0 Å². The van der Waals surface area contributed by atoms with Crippen molar-refractivity contribution in [2.45, 2.75) is 31.0 Å². The molecular formula is C6H12O5. The third kappa shape index (κ3) is 1.38. The molecule has 11 heavy (non-hydrogen) atoms. The predicted molar refractivity (Wildman–Crippen MR) is 34.6 cm³/mol. The van der Waals surface area contributed by atoms with Crippen LogP contribution in [-0.4, -0.2) is 51.1 Å². The largest absolute Gasteiger partial charge is 0.394 e. The SMILES string of the molecule is C[C@@]1(O)O[C@@H](CO)[C@H](O)[C@@H]1O. The Morgan fingerprint density at radius 3 is 2.18 bits per heavy atom. The molecule has 1 heterocycles. The van der Waals surface area contributed by atoms with Crippen LogP contribution in [0.25, 0.3) is 0 Å². The van der Waals surface area contributed by atoms with E-state index in [1.54, 1.807) is 0 Å². The lowest BCUT2D eigenvalue weighted by Crippen LogP contribution is -2.40. The van der Waals surface area contributed by atoms with Crippen molar-refractivity contribution in [2.24, 2.45) is 0 Å². The van der Waals surface area contributed by atoms with Crippen LogP contribution in [0.3, 0.4) is 0 Å². The normalized spacial score (nSPS) is 51.5. The molecule has 1 fully saturated rings. The van der Waals surface area contributed by atoms with E-state index in [1.165, 1.54) is 6.92 Å². The van der Waals surface area contributed by atoms with Crippen molar-refractivity contribution in [3.63, 3.8) is 0 Å². The Bertz CT molecular complexity index is 146. The van der Waals surface area contributed by atoms with Crippen LogP contribution in [-0.2, 0) is 4.74 Å². The Kier molecular flexibility index (Phi) is 2.17. The third-order valence-electron chi connectivity index (χ3n) is 1.82. The fraction of sp³-hybridized carbons (Fsp3) is 1.00. The van der Waals surface area contributed by atoms with Gasteiger partial charge in [0.15, 0.2) is 5.79 Å². The van der Waals surface area contributed by atoms with Gasteiger partial charge in [-0.05, 0) is 6.92 Å². The fourth-order valence-electron chi connectivity index (χ4n) is 1.11. The van der Waals surface area contributed by atoms with E-state index in [-0.39, 0.29) is 0 Å². The summed E-state index contributed by atoms with van der Waals surface area (Å²) in [6.45, 7) is 0.810. The molecule has 4 N–H and O–H groups in total. The van der Waals surface area contributed by atoms with Crippen molar-refractivity contribution in [3.8, 4) is 0 Å². The highest BCUT2D eigenvalue weighted by atomic mass is 16.7. The lowest BCUT2D eigenvalue weighted by atomic mass is 10.1. The molecule has 0 bridgehead atoms. The number of aliphatic hydroxyl groups excluding tert-OH is 3. The third-order valence-corrected chi connectivity index (χ3v) is 1.82. The van der Waals surface area contributed by atoms with Crippen LogP contribution in [0.4, 0.5) is 0 Å². The molecule has 0 spiro atoms. The van der Waals surface area contributed by atoms with Gasteiger partial charge in [-0.25, -0.2) is 0 Å². The molecule has 0 unspecified atom stereocenters. The highest BCUT2D eigenvalue weighted by Gasteiger charge is 2.49. The van der Waals surface area contributed by atoms with Crippen molar-refractivity contribution in [3.05, 3.63) is 0 Å². The van der Waals surface area contributed by atoms with Crippen molar-refractivity contribution in [1.29, 1.82) is 0 Å². The Labute approximate surface area is 63.8 Å². The smallest absolute Gasteiger partial charge is 0.192 e. The Hall–Kier alpha value is -0.200. The van der Waals surface area contributed by atoms with E-state index in [4.69, 9.17) is 20.1 Å². The molecule has 5 heteroatoms. The summed E-state index contributed by atoms with van der Waals surface area (Å²) in [6, 6.07) is 0. The van der Waals surface area contributed by atoms with Crippen molar-refractivity contribution >= 4 is 0 Å². The van der Waals surface area contributed by atoms with E-state index >= 15 is 0 Å². The van der Waals surface area contributed by atoms with Crippen LogP contribution in [0.5, 0.6) is 0 Å². The van der Waals surface area contributed by atoms with Crippen molar-refractivity contribution in [2.75, 3.05) is 6.61 Å². The maximum Gasteiger partial charge on any atom is 0.192 e. The molecule has 1 saturated heterocycles. The average Bonchev–Trinajstić information content (AvgIpc) is 2.13. The minimum Gasteiger partial charge on any atom is -0.394 e. The van der Waals surface area contributed by atoms with Gasteiger partial charge in [0, 0.05) is 0 Å². The predicted octanol–water partition coefficient (Wildman–Crippen LogP) is -2.19. The Balaban J connectivity index is 2.69. The lowest BCUT2D eigenvalue weighted by Gasteiger charge is -2.19. The van der Waals surface area contributed by atoms with Gasteiger partial charge in [0.1, 0.15) is 18.3 Å². The number of hydrogen-bond donors (Lipinski definition) is 4. The van der Waals surface area contributed by atoms with Gasteiger partial charge in [-0.3, -0.25) is 0 Å². The minimum absolute atomic E-state index is 0.422. The second-order valence-corrected chi connectivity index (χ2v) is 2.83. The summed E-state index contributed by atoms with van der Waals surface area (Å²) in [7, 11) is 0. The summed E-state index contributed by atoms with van der Waals surface area (Å²) in [4.78, 5) is 0. The molecule has 0 aliphatic carbocycles. The van der Waals surface area contributed by atoms with Gasteiger partial charge in [0.2, 0.25) is 0 Å². The molecule has 5 nitrogen and oxygen atoms in total. The van der Waals surface area contributed by atoms with Gasteiger partial charge in [-0.15, -0.1) is 0 Å². The molecule has 1 aliphatic heterocycles. The van der Waals surface area contributed by atoms with Crippen LogP contribution in [0.1, 0.15) is 6.92 Å². The van der Waals surface area contributed by atoms with E-state index in [0.717, 1.165) is 0 Å². The number of hydrogen-bond acceptors (Lipinski definition) is 5. The van der Waals surface area contributed by atoms with Gasteiger partial charge in [-0.1, -0.05) is 0 Å². The molecule has 0 aromatic rings. The fourth-order valence-corrected chi connectivity index (χ4v) is 1.11. The molecule has 0 saturated carbocycles. The first-order chi connectivity index (χ1) is 4.99. The van der Waals surface area contributed by atoms with Crippen molar-refractivity contribution in [1.82, 2.24) is 0 Å². The number of aliphatic hydroxyl groups is 4. The second kappa shape index (κ2) is 2.69. The highest BCUT2D eigenvalue weighted by molar-refractivity contribution is 4.92. The molecule has 1 aliphatic rings. The van der Waals surface area contributed by atoms with Crippen LogP contribution in [0.2, 0.25) is 0 Å². The maximum atomic E-state index is 9.19. The first-order valence-corrected chi connectivity index (χ1v) is 3.36. The Morgan fingerprint density at radius 1 is 1.45 bits per heavy atom. The molecule has 0 radical (unpaired) electrons. The minimum atomic E-state index is -1.76. The van der Waals surface area contributed by atoms with Gasteiger partial charge in [-0.2, -0.15) is 0 Å². The standard InChI is InChI=1S/C6H12O5/c1-6(10)5(9)4(8)3(2-7)11-6/h3-5,7-10H,2H2,1H3/t3-,4-,5-,6+/m0/s1. The zero-order valence-corrected chi connectivity index (χ0v) is 6.14. The summed E-state index contributed by atoms with van der Waals surface area (Å²) in [5.41, 5.74) is 0. The lowest BCUT2D eigenvalue weighted by molar-refractivity contribution is -0.217. The molecule has 0 aromatic heterocycles. The first-order valence-electron chi connectivity index (χ1n) is 3.36. The van der Waals surface area contributed by atoms with Crippen LogP contribution >= 0.6 is 0 Å². The van der Waals surface area contributed by atoms with Crippen LogP contribution < -0.4 is 0 Å². The van der Waals surface area contributed by atoms with Gasteiger partial charge < -0.3 is 25.2 Å². The Morgan fingerprint density at radius 2 is 2.00 bits per heavy atom. The molecule has 4 atom stereocenters. The summed E-state index contributed by atoms with van der Waals surface area (Å²) >= 11 is 0.